The zero-order chi connectivity index (χ0) is 9.84. The Morgan fingerprint density at radius 1 is 1.31 bits per heavy atom. The second-order valence-electron chi connectivity index (χ2n) is 2.39. The van der Waals surface area contributed by atoms with E-state index in [1.165, 1.54) is 31.4 Å². The Balaban J connectivity index is 2.86. The van der Waals surface area contributed by atoms with Crippen LogP contribution in [0.1, 0.15) is 10.4 Å². The van der Waals surface area contributed by atoms with E-state index >= 15 is 0 Å². The maximum atomic E-state index is 11.9. The van der Waals surface area contributed by atoms with E-state index in [-0.39, 0.29) is 5.56 Å². The van der Waals surface area contributed by atoms with Crippen LogP contribution < -0.4 is 4.74 Å². The molecule has 0 radical (unpaired) electrons. The van der Waals surface area contributed by atoms with Gasteiger partial charge in [-0.3, -0.25) is 4.79 Å². The molecule has 0 saturated heterocycles. The summed E-state index contributed by atoms with van der Waals surface area (Å²) < 4.78 is 28.6. The normalized spacial score (nSPS) is 10.2. The fourth-order valence-corrected chi connectivity index (χ4v) is 0.881. The number of ether oxygens (including phenoxy) is 1. The molecule has 1 aromatic carbocycles. The zero-order valence-electron chi connectivity index (χ0n) is 6.96. The SMILES string of the molecule is COc1ccc(C(=O)C(F)F)cc1. The molecule has 2 nitrogen and oxygen atoms in total. The molecule has 0 amide bonds. The summed E-state index contributed by atoms with van der Waals surface area (Å²) in [4.78, 5) is 10.8. The predicted molar refractivity (Wildman–Crippen MR) is 43.3 cm³/mol. The number of rotatable bonds is 3. The molecular formula is C9H8F2O2. The van der Waals surface area contributed by atoms with Crippen molar-refractivity contribution >= 4 is 5.78 Å². The largest absolute Gasteiger partial charge is 0.497 e. The molecule has 0 saturated carbocycles. The van der Waals surface area contributed by atoms with E-state index in [0.717, 1.165) is 0 Å². The van der Waals surface area contributed by atoms with Gasteiger partial charge in [-0.15, -0.1) is 0 Å². The first kappa shape index (κ1) is 9.64. The lowest BCUT2D eigenvalue weighted by Crippen LogP contribution is -2.09. The molecule has 0 fully saturated rings. The highest BCUT2D eigenvalue weighted by Crippen LogP contribution is 2.13. The van der Waals surface area contributed by atoms with Crippen LogP contribution in [0.25, 0.3) is 0 Å². The molecule has 0 unspecified atom stereocenters. The first-order valence-corrected chi connectivity index (χ1v) is 3.61. The van der Waals surface area contributed by atoms with Crippen LogP contribution in [0.3, 0.4) is 0 Å². The summed E-state index contributed by atoms with van der Waals surface area (Å²) in [6.07, 6.45) is -2.95. The summed E-state index contributed by atoms with van der Waals surface area (Å²) in [5, 5.41) is 0. The van der Waals surface area contributed by atoms with Crippen LogP contribution in [0.4, 0.5) is 8.78 Å². The van der Waals surface area contributed by atoms with Crippen LogP contribution in [0.2, 0.25) is 0 Å². The molecule has 70 valence electrons. The number of carbonyl (C=O) groups excluding carboxylic acids is 1. The van der Waals surface area contributed by atoms with E-state index in [0.29, 0.717) is 5.75 Å². The third-order valence-electron chi connectivity index (χ3n) is 1.57. The van der Waals surface area contributed by atoms with E-state index in [4.69, 9.17) is 4.74 Å². The molecule has 0 heterocycles. The summed E-state index contributed by atoms with van der Waals surface area (Å²) in [7, 11) is 1.46. The van der Waals surface area contributed by atoms with Crippen LogP contribution in [0, 0.1) is 0 Å². The molecule has 0 aromatic heterocycles. The van der Waals surface area contributed by atoms with Crippen molar-refractivity contribution in [1.82, 2.24) is 0 Å². The fourth-order valence-electron chi connectivity index (χ4n) is 0.881. The van der Waals surface area contributed by atoms with Crippen LogP contribution in [0.15, 0.2) is 24.3 Å². The van der Waals surface area contributed by atoms with Crippen molar-refractivity contribution in [2.75, 3.05) is 7.11 Å². The van der Waals surface area contributed by atoms with Gasteiger partial charge in [-0.25, -0.2) is 8.78 Å². The monoisotopic (exact) mass is 186 g/mol. The van der Waals surface area contributed by atoms with Crippen molar-refractivity contribution in [3.63, 3.8) is 0 Å². The Labute approximate surface area is 74.1 Å². The number of halogens is 2. The summed E-state index contributed by atoms with van der Waals surface area (Å²) in [5.74, 6) is -0.631. The Morgan fingerprint density at radius 2 is 1.85 bits per heavy atom. The van der Waals surface area contributed by atoms with Gasteiger partial charge in [-0.05, 0) is 24.3 Å². The van der Waals surface area contributed by atoms with Crippen molar-refractivity contribution in [2.45, 2.75) is 6.43 Å². The molecule has 0 N–H and O–H groups in total. The smallest absolute Gasteiger partial charge is 0.300 e. The molecule has 0 aliphatic carbocycles. The number of ketones is 1. The van der Waals surface area contributed by atoms with Crippen LogP contribution >= 0.6 is 0 Å². The van der Waals surface area contributed by atoms with E-state index in [1.807, 2.05) is 0 Å². The van der Waals surface area contributed by atoms with Gasteiger partial charge in [0.05, 0.1) is 7.11 Å². The van der Waals surface area contributed by atoms with Gasteiger partial charge in [0.15, 0.2) is 0 Å². The first-order chi connectivity index (χ1) is 6.15. The van der Waals surface area contributed by atoms with Crippen LogP contribution in [-0.2, 0) is 0 Å². The number of Topliss-reactive ketones (excluding diaryl/α,β-unsaturated/α-hetero) is 1. The quantitative estimate of drug-likeness (QED) is 0.676. The van der Waals surface area contributed by atoms with Crippen molar-refractivity contribution in [1.29, 1.82) is 0 Å². The van der Waals surface area contributed by atoms with Crippen molar-refractivity contribution in [3.05, 3.63) is 29.8 Å². The van der Waals surface area contributed by atoms with Gasteiger partial charge in [0.25, 0.3) is 0 Å². The van der Waals surface area contributed by atoms with Gasteiger partial charge < -0.3 is 4.74 Å². The molecule has 1 aromatic rings. The highest BCUT2D eigenvalue weighted by Gasteiger charge is 2.16. The summed E-state index contributed by atoms with van der Waals surface area (Å²) >= 11 is 0. The standard InChI is InChI=1S/C9H8F2O2/c1-13-7-4-2-6(3-5-7)8(12)9(10)11/h2-5,9H,1H3. The van der Waals surface area contributed by atoms with Gasteiger partial charge in [-0.2, -0.15) is 0 Å². The van der Waals surface area contributed by atoms with Gasteiger partial charge in [0.2, 0.25) is 5.78 Å². The number of hydrogen-bond acceptors (Lipinski definition) is 2. The van der Waals surface area contributed by atoms with Gasteiger partial charge in [0.1, 0.15) is 5.75 Å². The molecule has 0 bridgehead atoms. The minimum atomic E-state index is -2.95. The third kappa shape index (κ3) is 2.24. The molecule has 4 heteroatoms. The number of methoxy groups -OCH3 is 1. The molecule has 0 atom stereocenters. The van der Waals surface area contributed by atoms with E-state index in [2.05, 4.69) is 0 Å². The van der Waals surface area contributed by atoms with Crippen LogP contribution in [-0.4, -0.2) is 19.3 Å². The Morgan fingerprint density at radius 3 is 2.23 bits per heavy atom. The Hall–Kier alpha value is -1.45. The molecule has 0 spiro atoms. The third-order valence-corrected chi connectivity index (χ3v) is 1.57. The average Bonchev–Trinajstić information content (AvgIpc) is 2.17. The highest BCUT2D eigenvalue weighted by molar-refractivity contribution is 5.98. The number of carbonyl (C=O) groups is 1. The molecular weight excluding hydrogens is 178 g/mol. The lowest BCUT2D eigenvalue weighted by molar-refractivity contribution is 0.0678. The maximum Gasteiger partial charge on any atom is 0.300 e. The molecule has 13 heavy (non-hydrogen) atoms. The second-order valence-corrected chi connectivity index (χ2v) is 2.39. The number of hydrogen-bond donors (Lipinski definition) is 0. The second kappa shape index (κ2) is 3.98. The van der Waals surface area contributed by atoms with E-state index in [1.54, 1.807) is 0 Å². The van der Waals surface area contributed by atoms with Crippen molar-refractivity contribution < 1.29 is 18.3 Å². The number of alkyl halides is 2. The highest BCUT2D eigenvalue weighted by atomic mass is 19.3. The summed E-state index contributed by atoms with van der Waals surface area (Å²) in [5.41, 5.74) is -0.00389. The van der Waals surface area contributed by atoms with Crippen molar-refractivity contribution in [2.24, 2.45) is 0 Å². The Bertz CT molecular complexity index is 293. The lowest BCUT2D eigenvalue weighted by Gasteiger charge is -2.01. The van der Waals surface area contributed by atoms with Gasteiger partial charge >= 0.3 is 6.43 Å². The fraction of sp³-hybridized carbons (Fsp3) is 0.222. The average molecular weight is 186 g/mol. The minimum absolute atomic E-state index is 0.00389. The van der Waals surface area contributed by atoms with Crippen LogP contribution in [0.5, 0.6) is 5.75 Å². The predicted octanol–water partition coefficient (Wildman–Crippen LogP) is 2.14. The van der Waals surface area contributed by atoms with E-state index in [9.17, 15) is 13.6 Å². The van der Waals surface area contributed by atoms with Crippen molar-refractivity contribution in [3.8, 4) is 5.75 Å². The molecule has 1 rings (SSSR count). The van der Waals surface area contributed by atoms with Gasteiger partial charge in [-0.1, -0.05) is 0 Å². The summed E-state index contributed by atoms with van der Waals surface area (Å²) in [6, 6.07) is 5.56. The van der Waals surface area contributed by atoms with E-state index < -0.39 is 12.2 Å². The minimum Gasteiger partial charge on any atom is -0.497 e. The molecule has 0 aliphatic heterocycles. The zero-order valence-corrected chi connectivity index (χ0v) is 6.96. The number of benzene rings is 1. The maximum absolute atomic E-state index is 11.9. The topological polar surface area (TPSA) is 26.3 Å². The lowest BCUT2D eigenvalue weighted by atomic mass is 10.1. The van der Waals surface area contributed by atoms with Gasteiger partial charge in [0, 0.05) is 5.56 Å². The molecule has 0 aliphatic rings. The Kier molecular flexibility index (Phi) is 2.95. The summed E-state index contributed by atoms with van der Waals surface area (Å²) in [6.45, 7) is 0. The first-order valence-electron chi connectivity index (χ1n) is 3.61.